The number of fused-ring (bicyclic) bond motifs is 5. The highest BCUT2D eigenvalue weighted by atomic mass is 19.4. The molecule has 4 rings (SSSR count). The molecule has 0 radical (unpaired) electrons. The van der Waals surface area contributed by atoms with E-state index in [1.165, 1.54) is 44.9 Å². The summed E-state index contributed by atoms with van der Waals surface area (Å²) in [6.07, 6.45) is 8.51. The van der Waals surface area contributed by atoms with Gasteiger partial charge in [0.25, 0.3) is 0 Å². The predicted molar refractivity (Wildman–Crippen MR) is 119 cm³/mol. The minimum atomic E-state index is -4.55. The Morgan fingerprint density at radius 2 is 1.81 bits per heavy atom. The van der Waals surface area contributed by atoms with Gasteiger partial charge in [-0.1, -0.05) is 45.8 Å². The van der Waals surface area contributed by atoms with Crippen molar-refractivity contribution in [2.24, 2.45) is 46.3 Å². The van der Waals surface area contributed by atoms with Crippen molar-refractivity contribution in [3.05, 3.63) is 11.6 Å². The zero-order valence-corrected chi connectivity index (χ0v) is 20.2. The molecule has 0 heterocycles. The Morgan fingerprint density at radius 1 is 1.10 bits per heavy atom. The van der Waals surface area contributed by atoms with Gasteiger partial charge in [0, 0.05) is 0 Å². The molecule has 0 aromatic rings. The van der Waals surface area contributed by atoms with Gasteiger partial charge in [0.15, 0.2) is 5.60 Å². The quantitative estimate of drug-likeness (QED) is 0.440. The Labute approximate surface area is 187 Å². The Morgan fingerprint density at radius 3 is 2.48 bits per heavy atom. The standard InChI is InChI=1S/C27H43F3O/c1-17(11-15-26(5,31)27(28,29)30)20-9-10-21-23-18(2)16-19-8-6-7-13-24(19,3)22(23)12-14-25(20,21)4/h16-18,20-23,31H,6-15H2,1-5H3/t17-,18+,20-,21+,22+,23+,24+,25-,26?/m1/s1. The number of hydrogen-bond donors (Lipinski definition) is 1. The largest absolute Gasteiger partial charge is 0.416 e. The molecule has 1 unspecified atom stereocenters. The summed E-state index contributed by atoms with van der Waals surface area (Å²) in [6.45, 7) is 10.5. The van der Waals surface area contributed by atoms with Crippen LogP contribution >= 0.6 is 0 Å². The van der Waals surface area contributed by atoms with Crippen molar-refractivity contribution < 1.29 is 18.3 Å². The molecule has 4 heteroatoms. The summed E-state index contributed by atoms with van der Waals surface area (Å²) in [6, 6.07) is 0. The first-order chi connectivity index (χ1) is 14.3. The lowest BCUT2D eigenvalue weighted by Gasteiger charge is -2.59. The molecule has 178 valence electrons. The molecule has 31 heavy (non-hydrogen) atoms. The zero-order chi connectivity index (χ0) is 22.8. The fourth-order valence-electron chi connectivity index (χ4n) is 8.88. The average Bonchev–Trinajstić information content (AvgIpc) is 3.03. The van der Waals surface area contributed by atoms with E-state index in [1.54, 1.807) is 5.57 Å². The van der Waals surface area contributed by atoms with E-state index in [4.69, 9.17) is 0 Å². The first kappa shape index (κ1) is 23.6. The highest BCUT2D eigenvalue weighted by Crippen LogP contribution is 2.68. The average molecular weight is 441 g/mol. The minimum absolute atomic E-state index is 0.193. The molecule has 0 aromatic carbocycles. The van der Waals surface area contributed by atoms with Crippen molar-refractivity contribution in [1.82, 2.24) is 0 Å². The molecule has 0 amide bonds. The highest BCUT2D eigenvalue weighted by Gasteiger charge is 2.60. The van der Waals surface area contributed by atoms with Crippen LogP contribution in [0.15, 0.2) is 11.6 Å². The number of allylic oxidation sites excluding steroid dienone is 2. The van der Waals surface area contributed by atoms with Crippen molar-refractivity contribution in [2.45, 2.75) is 111 Å². The van der Waals surface area contributed by atoms with Crippen molar-refractivity contribution in [2.75, 3.05) is 0 Å². The number of rotatable bonds is 4. The predicted octanol–water partition coefficient (Wildman–Crippen LogP) is 7.93. The number of alkyl halides is 3. The van der Waals surface area contributed by atoms with Gasteiger partial charge in [0.2, 0.25) is 0 Å². The summed E-state index contributed by atoms with van der Waals surface area (Å²) in [4.78, 5) is 0. The summed E-state index contributed by atoms with van der Waals surface area (Å²) >= 11 is 0. The normalized spacial score (nSPS) is 45.7. The maximum Gasteiger partial charge on any atom is 0.416 e. The first-order valence-corrected chi connectivity index (χ1v) is 12.8. The third-order valence-electron chi connectivity index (χ3n) is 10.8. The first-order valence-electron chi connectivity index (χ1n) is 12.8. The molecule has 4 aliphatic rings. The fraction of sp³-hybridized carbons (Fsp3) is 0.926. The van der Waals surface area contributed by atoms with Crippen LogP contribution in [0, 0.1) is 46.3 Å². The molecule has 0 aromatic heterocycles. The van der Waals surface area contributed by atoms with Crippen LogP contribution in [0.1, 0.15) is 98.8 Å². The van der Waals surface area contributed by atoms with Crippen LogP contribution in [0.5, 0.6) is 0 Å². The second kappa shape index (κ2) is 7.77. The lowest BCUT2D eigenvalue weighted by molar-refractivity contribution is -0.256. The van der Waals surface area contributed by atoms with Gasteiger partial charge in [0.1, 0.15) is 0 Å². The van der Waals surface area contributed by atoms with E-state index >= 15 is 0 Å². The van der Waals surface area contributed by atoms with Crippen LogP contribution in [-0.4, -0.2) is 16.9 Å². The van der Waals surface area contributed by atoms with Gasteiger partial charge in [-0.15, -0.1) is 0 Å². The van der Waals surface area contributed by atoms with Crippen molar-refractivity contribution in [1.29, 1.82) is 0 Å². The maximum atomic E-state index is 13.2. The molecule has 0 aliphatic heterocycles. The molecule has 0 bridgehead atoms. The van der Waals surface area contributed by atoms with Crippen LogP contribution in [0.25, 0.3) is 0 Å². The summed E-state index contributed by atoms with van der Waals surface area (Å²) in [5, 5.41) is 9.94. The molecular weight excluding hydrogens is 397 g/mol. The summed E-state index contributed by atoms with van der Waals surface area (Å²) < 4.78 is 39.5. The van der Waals surface area contributed by atoms with Crippen molar-refractivity contribution >= 4 is 0 Å². The third-order valence-corrected chi connectivity index (χ3v) is 10.8. The van der Waals surface area contributed by atoms with Crippen molar-refractivity contribution in [3.63, 3.8) is 0 Å². The molecule has 3 fully saturated rings. The van der Waals surface area contributed by atoms with Gasteiger partial charge in [-0.05, 0) is 111 Å². The third kappa shape index (κ3) is 3.71. The SMILES string of the molecule is C[C@H](CCC(C)(O)C(F)(F)F)[C@H]1CC[C@H]2[C@@H]3[C@@H](C)C=C4CCCC[C@]4(C)[C@H]3CC[C@]12C. The second-order valence-electron chi connectivity index (χ2n) is 12.5. The fourth-order valence-corrected chi connectivity index (χ4v) is 8.88. The number of hydrogen-bond acceptors (Lipinski definition) is 1. The molecule has 0 saturated heterocycles. The van der Waals surface area contributed by atoms with E-state index in [0.29, 0.717) is 29.6 Å². The van der Waals surface area contributed by atoms with E-state index in [9.17, 15) is 18.3 Å². The van der Waals surface area contributed by atoms with Gasteiger partial charge in [-0.2, -0.15) is 13.2 Å². The number of halogens is 3. The molecule has 1 N–H and O–H groups in total. The van der Waals surface area contributed by atoms with Gasteiger partial charge in [0.05, 0.1) is 0 Å². The maximum absolute atomic E-state index is 13.2. The minimum Gasteiger partial charge on any atom is -0.381 e. The molecule has 1 nitrogen and oxygen atoms in total. The zero-order valence-electron chi connectivity index (χ0n) is 20.2. The van der Waals surface area contributed by atoms with E-state index in [-0.39, 0.29) is 17.8 Å². The van der Waals surface area contributed by atoms with Gasteiger partial charge in [-0.25, -0.2) is 0 Å². The van der Waals surface area contributed by atoms with E-state index in [2.05, 4.69) is 33.8 Å². The topological polar surface area (TPSA) is 20.2 Å². The van der Waals surface area contributed by atoms with Crippen LogP contribution in [0.3, 0.4) is 0 Å². The van der Waals surface area contributed by atoms with E-state index in [1.807, 2.05) is 0 Å². The Hall–Kier alpha value is -0.510. The Kier molecular flexibility index (Phi) is 5.93. The smallest absolute Gasteiger partial charge is 0.381 e. The number of aliphatic hydroxyl groups is 1. The highest BCUT2D eigenvalue weighted by molar-refractivity contribution is 5.26. The van der Waals surface area contributed by atoms with Crippen LogP contribution < -0.4 is 0 Å². The van der Waals surface area contributed by atoms with Crippen LogP contribution in [0.4, 0.5) is 13.2 Å². The molecule has 4 aliphatic carbocycles. The van der Waals surface area contributed by atoms with Gasteiger partial charge >= 0.3 is 6.18 Å². The van der Waals surface area contributed by atoms with Crippen LogP contribution in [-0.2, 0) is 0 Å². The van der Waals surface area contributed by atoms with E-state index in [0.717, 1.165) is 25.2 Å². The summed E-state index contributed by atoms with van der Waals surface area (Å²) in [7, 11) is 0. The van der Waals surface area contributed by atoms with Crippen molar-refractivity contribution in [3.8, 4) is 0 Å². The van der Waals surface area contributed by atoms with Crippen LogP contribution in [0.2, 0.25) is 0 Å². The molecule has 9 atom stereocenters. The molecular formula is C27H43F3O. The summed E-state index contributed by atoms with van der Waals surface area (Å²) in [5.41, 5.74) is -0.235. The lowest BCUT2D eigenvalue weighted by atomic mass is 9.45. The summed E-state index contributed by atoms with van der Waals surface area (Å²) in [5.74, 6) is 3.50. The molecule has 3 saturated carbocycles. The van der Waals surface area contributed by atoms with Gasteiger partial charge in [-0.3, -0.25) is 0 Å². The van der Waals surface area contributed by atoms with E-state index < -0.39 is 11.8 Å². The van der Waals surface area contributed by atoms with Gasteiger partial charge < -0.3 is 5.11 Å². The monoisotopic (exact) mass is 440 g/mol. The Balaban J connectivity index is 1.52. The molecule has 0 spiro atoms. The Bertz CT molecular complexity index is 710. The lowest BCUT2D eigenvalue weighted by Crippen LogP contribution is -2.52. The second-order valence-corrected chi connectivity index (χ2v) is 12.5.